The van der Waals surface area contributed by atoms with Gasteiger partial charge < -0.3 is 10.4 Å². The summed E-state index contributed by atoms with van der Waals surface area (Å²) in [7, 11) is -3.61. The number of hydrogen-bond acceptors (Lipinski definition) is 5. The summed E-state index contributed by atoms with van der Waals surface area (Å²) in [6.07, 6.45) is 0. The van der Waals surface area contributed by atoms with Crippen molar-refractivity contribution in [2.75, 3.05) is 18.4 Å². The smallest absolute Gasteiger partial charge is 0.273 e. The molecular formula is C19H24N4O4S2. The van der Waals surface area contributed by atoms with Gasteiger partial charge in [-0.05, 0) is 49.0 Å². The Labute approximate surface area is 175 Å². The van der Waals surface area contributed by atoms with Crippen LogP contribution in [0.5, 0.6) is 5.75 Å². The molecule has 0 saturated carbocycles. The summed E-state index contributed by atoms with van der Waals surface area (Å²) in [6.45, 7) is 6.10. The number of aryl methyl sites for hydroxylation is 1. The number of amides is 1. The highest BCUT2D eigenvalue weighted by molar-refractivity contribution is 7.89. The van der Waals surface area contributed by atoms with Crippen LogP contribution < -0.4 is 16.2 Å². The number of phenolic OH excluding ortho intramolecular Hbond substituents is 1. The molecule has 0 unspecified atom stereocenters. The fraction of sp³-hybridized carbons (Fsp3) is 0.263. The average molecular weight is 437 g/mol. The Morgan fingerprint density at radius 2 is 1.76 bits per heavy atom. The molecule has 1 amide bonds. The molecule has 0 aliphatic rings. The number of thiocarbonyl (C=S) groups is 1. The van der Waals surface area contributed by atoms with E-state index in [1.165, 1.54) is 22.5 Å². The third-order valence-corrected chi connectivity index (χ3v) is 6.49. The van der Waals surface area contributed by atoms with Gasteiger partial charge in [0.25, 0.3) is 5.91 Å². The van der Waals surface area contributed by atoms with Gasteiger partial charge in [-0.3, -0.25) is 15.6 Å². The molecule has 0 aromatic heterocycles. The van der Waals surface area contributed by atoms with E-state index < -0.39 is 15.9 Å². The lowest BCUT2D eigenvalue weighted by molar-refractivity contribution is 0.0941. The number of rotatable bonds is 6. The first kappa shape index (κ1) is 22.6. The number of carbonyl (C=O) groups excluding carboxylic acids is 1. The van der Waals surface area contributed by atoms with E-state index in [-0.39, 0.29) is 21.3 Å². The van der Waals surface area contributed by atoms with Crippen molar-refractivity contribution in [3.8, 4) is 5.75 Å². The van der Waals surface area contributed by atoms with Crippen molar-refractivity contribution in [3.63, 3.8) is 0 Å². The standard InChI is InChI=1S/C19H24N4O4S2/c1-4-23(5-2)29(26,27)14-11-10-13(3)16(12-14)20-19(28)22-21-18(25)15-8-6-7-9-17(15)24/h6-12,24H,4-5H2,1-3H3,(H,21,25)(H2,20,22,28). The molecule has 156 valence electrons. The van der Waals surface area contributed by atoms with Gasteiger partial charge >= 0.3 is 0 Å². The highest BCUT2D eigenvalue weighted by Gasteiger charge is 2.22. The van der Waals surface area contributed by atoms with Crippen LogP contribution in [-0.4, -0.2) is 41.9 Å². The number of nitrogens with zero attached hydrogens (tertiary/aromatic N) is 1. The SMILES string of the molecule is CCN(CC)S(=O)(=O)c1ccc(C)c(NC(=S)NNC(=O)c2ccccc2O)c1. The van der Waals surface area contributed by atoms with Crippen LogP contribution in [0.15, 0.2) is 47.4 Å². The highest BCUT2D eigenvalue weighted by Crippen LogP contribution is 2.23. The van der Waals surface area contributed by atoms with E-state index in [1.807, 2.05) is 0 Å². The van der Waals surface area contributed by atoms with Gasteiger partial charge in [-0.25, -0.2) is 8.42 Å². The summed E-state index contributed by atoms with van der Waals surface area (Å²) in [4.78, 5) is 12.3. The van der Waals surface area contributed by atoms with E-state index in [1.54, 1.807) is 45.0 Å². The predicted octanol–water partition coefficient (Wildman–Crippen LogP) is 2.36. The molecule has 0 saturated heterocycles. The Morgan fingerprint density at radius 3 is 2.38 bits per heavy atom. The quantitative estimate of drug-likeness (QED) is 0.406. The van der Waals surface area contributed by atoms with E-state index in [4.69, 9.17) is 12.2 Å². The fourth-order valence-electron chi connectivity index (χ4n) is 2.61. The molecule has 0 radical (unpaired) electrons. The van der Waals surface area contributed by atoms with Crippen molar-refractivity contribution in [2.24, 2.45) is 0 Å². The van der Waals surface area contributed by atoms with Crippen LogP contribution in [-0.2, 0) is 10.0 Å². The largest absolute Gasteiger partial charge is 0.507 e. The molecule has 0 fully saturated rings. The van der Waals surface area contributed by atoms with Crippen LogP contribution in [0.3, 0.4) is 0 Å². The Balaban J connectivity index is 2.10. The molecule has 0 atom stereocenters. The number of anilines is 1. The fourth-order valence-corrected chi connectivity index (χ4v) is 4.25. The zero-order valence-electron chi connectivity index (χ0n) is 16.4. The summed E-state index contributed by atoms with van der Waals surface area (Å²) in [5.41, 5.74) is 6.28. The minimum atomic E-state index is -3.61. The summed E-state index contributed by atoms with van der Waals surface area (Å²) >= 11 is 5.17. The maximum absolute atomic E-state index is 12.7. The maximum Gasteiger partial charge on any atom is 0.273 e. The maximum atomic E-state index is 12.7. The zero-order valence-corrected chi connectivity index (χ0v) is 18.0. The summed E-state index contributed by atoms with van der Waals surface area (Å²) in [5.74, 6) is -0.724. The summed E-state index contributed by atoms with van der Waals surface area (Å²) in [6, 6.07) is 10.8. The molecule has 2 aromatic rings. The highest BCUT2D eigenvalue weighted by atomic mass is 32.2. The number of hydrazine groups is 1. The minimum absolute atomic E-state index is 0.0641. The average Bonchev–Trinajstić information content (AvgIpc) is 2.68. The van der Waals surface area contributed by atoms with E-state index in [2.05, 4.69) is 16.2 Å². The van der Waals surface area contributed by atoms with Crippen LogP contribution in [0.25, 0.3) is 0 Å². The van der Waals surface area contributed by atoms with Gasteiger partial charge in [0.15, 0.2) is 5.11 Å². The van der Waals surface area contributed by atoms with Gasteiger partial charge in [0.2, 0.25) is 10.0 Å². The van der Waals surface area contributed by atoms with Gasteiger partial charge in [-0.1, -0.05) is 32.0 Å². The Kier molecular flexibility index (Phi) is 7.54. The molecule has 2 rings (SSSR count). The Bertz CT molecular complexity index is 1010. The molecule has 29 heavy (non-hydrogen) atoms. The zero-order chi connectivity index (χ0) is 21.6. The van der Waals surface area contributed by atoms with Crippen LogP contribution in [0.4, 0.5) is 5.69 Å². The first-order chi connectivity index (χ1) is 13.7. The van der Waals surface area contributed by atoms with E-state index in [9.17, 15) is 18.3 Å². The van der Waals surface area contributed by atoms with Crippen molar-refractivity contribution in [1.82, 2.24) is 15.2 Å². The number of para-hydroxylation sites is 1. The van der Waals surface area contributed by atoms with Gasteiger partial charge in [0.1, 0.15) is 5.75 Å². The van der Waals surface area contributed by atoms with Gasteiger partial charge in [-0.15, -0.1) is 0 Å². The Hall–Kier alpha value is -2.69. The third kappa shape index (κ3) is 5.43. The number of aromatic hydroxyl groups is 1. The van der Waals surface area contributed by atoms with E-state index >= 15 is 0 Å². The normalized spacial score (nSPS) is 11.2. The van der Waals surface area contributed by atoms with Crippen molar-refractivity contribution < 1.29 is 18.3 Å². The lowest BCUT2D eigenvalue weighted by atomic mass is 10.2. The van der Waals surface area contributed by atoms with Gasteiger partial charge in [0.05, 0.1) is 10.5 Å². The number of benzene rings is 2. The third-order valence-electron chi connectivity index (χ3n) is 4.24. The monoisotopic (exact) mass is 436 g/mol. The molecule has 0 heterocycles. The topological polar surface area (TPSA) is 111 Å². The first-order valence-electron chi connectivity index (χ1n) is 8.96. The van der Waals surface area contributed by atoms with Crippen LogP contribution in [0.1, 0.15) is 29.8 Å². The lowest BCUT2D eigenvalue weighted by Gasteiger charge is -2.20. The van der Waals surface area contributed by atoms with Gasteiger partial charge in [0, 0.05) is 18.8 Å². The number of carbonyl (C=O) groups is 1. The van der Waals surface area contributed by atoms with Crippen molar-refractivity contribution in [2.45, 2.75) is 25.7 Å². The molecular weight excluding hydrogens is 412 g/mol. The molecule has 0 aliphatic carbocycles. The van der Waals surface area contributed by atoms with E-state index in [0.29, 0.717) is 18.8 Å². The van der Waals surface area contributed by atoms with Crippen molar-refractivity contribution in [3.05, 3.63) is 53.6 Å². The number of nitrogens with one attached hydrogen (secondary N) is 3. The Morgan fingerprint density at radius 1 is 1.10 bits per heavy atom. The second-order valence-electron chi connectivity index (χ2n) is 6.12. The molecule has 2 aromatic carbocycles. The van der Waals surface area contributed by atoms with Crippen molar-refractivity contribution in [1.29, 1.82) is 0 Å². The molecule has 10 heteroatoms. The molecule has 8 nitrogen and oxygen atoms in total. The van der Waals surface area contributed by atoms with Gasteiger partial charge in [-0.2, -0.15) is 4.31 Å². The number of sulfonamides is 1. The number of phenols is 1. The number of hydrogen-bond donors (Lipinski definition) is 4. The van der Waals surface area contributed by atoms with E-state index in [0.717, 1.165) is 5.56 Å². The van der Waals surface area contributed by atoms with Crippen LogP contribution in [0.2, 0.25) is 0 Å². The molecule has 0 spiro atoms. The first-order valence-corrected chi connectivity index (χ1v) is 10.8. The minimum Gasteiger partial charge on any atom is -0.507 e. The second-order valence-corrected chi connectivity index (χ2v) is 8.46. The molecule has 0 aliphatic heterocycles. The lowest BCUT2D eigenvalue weighted by Crippen LogP contribution is -2.43. The second kappa shape index (κ2) is 9.68. The molecule has 0 bridgehead atoms. The predicted molar refractivity (Wildman–Crippen MR) is 116 cm³/mol. The summed E-state index contributed by atoms with van der Waals surface area (Å²) < 4.78 is 26.8. The van der Waals surface area contributed by atoms with Crippen LogP contribution in [0, 0.1) is 6.92 Å². The molecule has 4 N–H and O–H groups in total. The summed E-state index contributed by atoms with van der Waals surface area (Å²) in [5, 5.41) is 12.7. The van der Waals surface area contributed by atoms with Crippen molar-refractivity contribution >= 4 is 38.9 Å². The van der Waals surface area contributed by atoms with Crippen LogP contribution >= 0.6 is 12.2 Å².